The second-order valence-corrected chi connectivity index (χ2v) is 6.62. The SMILES string of the molecule is CN1CCC2=C(C1)c1ccccc1Sc1ccccc12. The van der Waals surface area contributed by atoms with Crippen LogP contribution in [0, 0.1) is 0 Å². The van der Waals surface area contributed by atoms with Crippen LogP contribution in [-0.2, 0) is 0 Å². The van der Waals surface area contributed by atoms with Crippen molar-refractivity contribution in [2.45, 2.75) is 16.2 Å². The molecule has 2 heterocycles. The summed E-state index contributed by atoms with van der Waals surface area (Å²) >= 11 is 1.91. The molecule has 20 heavy (non-hydrogen) atoms. The third-order valence-electron chi connectivity index (χ3n) is 4.18. The fourth-order valence-corrected chi connectivity index (χ4v) is 4.30. The van der Waals surface area contributed by atoms with Crippen LogP contribution in [0.25, 0.3) is 11.1 Å². The van der Waals surface area contributed by atoms with E-state index >= 15 is 0 Å². The summed E-state index contributed by atoms with van der Waals surface area (Å²) in [5.41, 5.74) is 5.94. The molecule has 0 atom stereocenters. The van der Waals surface area contributed by atoms with E-state index in [-0.39, 0.29) is 0 Å². The lowest BCUT2D eigenvalue weighted by Gasteiger charge is -2.28. The minimum absolute atomic E-state index is 1.06. The molecule has 0 N–H and O–H groups in total. The van der Waals surface area contributed by atoms with Gasteiger partial charge in [-0.2, -0.15) is 0 Å². The van der Waals surface area contributed by atoms with E-state index in [1.165, 1.54) is 26.5 Å². The van der Waals surface area contributed by atoms with Gasteiger partial charge in [-0.15, -0.1) is 0 Å². The van der Waals surface area contributed by atoms with Gasteiger partial charge in [0.15, 0.2) is 0 Å². The lowest BCUT2D eigenvalue weighted by atomic mass is 9.89. The summed E-state index contributed by atoms with van der Waals surface area (Å²) in [4.78, 5) is 5.21. The molecule has 100 valence electrons. The van der Waals surface area contributed by atoms with Crippen molar-refractivity contribution in [3.05, 3.63) is 59.7 Å². The summed E-state index contributed by atoms with van der Waals surface area (Å²) in [5.74, 6) is 0. The Kier molecular flexibility index (Phi) is 2.94. The van der Waals surface area contributed by atoms with Gasteiger partial charge in [-0.1, -0.05) is 48.2 Å². The normalized spacial score (nSPS) is 18.1. The fourth-order valence-electron chi connectivity index (χ4n) is 3.17. The zero-order chi connectivity index (χ0) is 13.5. The highest BCUT2D eigenvalue weighted by Crippen LogP contribution is 2.46. The van der Waals surface area contributed by atoms with E-state index in [2.05, 4.69) is 60.5 Å². The first-order valence-electron chi connectivity index (χ1n) is 7.10. The Morgan fingerprint density at radius 1 is 0.850 bits per heavy atom. The van der Waals surface area contributed by atoms with Gasteiger partial charge in [-0.3, -0.25) is 0 Å². The average Bonchev–Trinajstić information content (AvgIpc) is 2.61. The molecular weight excluding hydrogens is 262 g/mol. The number of benzene rings is 2. The Morgan fingerprint density at radius 3 is 2.15 bits per heavy atom. The second-order valence-electron chi connectivity index (χ2n) is 5.54. The lowest BCUT2D eigenvalue weighted by molar-refractivity contribution is 0.376. The second kappa shape index (κ2) is 4.80. The fraction of sp³-hybridized carbons (Fsp3) is 0.222. The first-order chi connectivity index (χ1) is 9.83. The van der Waals surface area contributed by atoms with Crippen LogP contribution < -0.4 is 0 Å². The van der Waals surface area contributed by atoms with Crippen molar-refractivity contribution < 1.29 is 0 Å². The largest absolute Gasteiger partial charge is 0.302 e. The summed E-state index contributed by atoms with van der Waals surface area (Å²) in [7, 11) is 2.22. The zero-order valence-electron chi connectivity index (χ0n) is 11.6. The summed E-state index contributed by atoms with van der Waals surface area (Å²) in [6.07, 6.45) is 1.15. The Balaban J connectivity index is 2.01. The van der Waals surface area contributed by atoms with Gasteiger partial charge in [0.1, 0.15) is 0 Å². The van der Waals surface area contributed by atoms with Crippen molar-refractivity contribution in [1.82, 2.24) is 4.90 Å². The monoisotopic (exact) mass is 279 g/mol. The van der Waals surface area contributed by atoms with Gasteiger partial charge in [0.2, 0.25) is 0 Å². The predicted octanol–water partition coefficient (Wildman–Crippen LogP) is 4.40. The van der Waals surface area contributed by atoms with E-state index in [1.54, 1.807) is 5.57 Å². The number of hydrogen-bond donors (Lipinski definition) is 0. The zero-order valence-corrected chi connectivity index (χ0v) is 12.4. The number of nitrogens with zero attached hydrogens (tertiary/aromatic N) is 1. The molecule has 1 nitrogen and oxygen atoms in total. The van der Waals surface area contributed by atoms with Crippen molar-refractivity contribution in [1.29, 1.82) is 0 Å². The van der Waals surface area contributed by atoms with E-state index in [1.807, 2.05) is 11.8 Å². The molecule has 0 unspecified atom stereocenters. The van der Waals surface area contributed by atoms with Crippen molar-refractivity contribution in [3.63, 3.8) is 0 Å². The molecular formula is C18H17NS. The molecule has 4 rings (SSSR count). The number of likely N-dealkylation sites (N-methyl/N-ethyl adjacent to an activating group) is 1. The van der Waals surface area contributed by atoms with E-state index in [0.29, 0.717) is 0 Å². The molecule has 0 fully saturated rings. The van der Waals surface area contributed by atoms with Crippen LogP contribution in [0.2, 0.25) is 0 Å². The molecule has 2 aromatic rings. The molecule has 2 aromatic carbocycles. The molecule has 0 spiro atoms. The topological polar surface area (TPSA) is 3.24 Å². The van der Waals surface area contributed by atoms with Crippen molar-refractivity contribution in [2.24, 2.45) is 0 Å². The van der Waals surface area contributed by atoms with Gasteiger partial charge in [0.25, 0.3) is 0 Å². The van der Waals surface area contributed by atoms with Gasteiger partial charge in [-0.05, 0) is 47.9 Å². The number of hydrogen-bond acceptors (Lipinski definition) is 2. The van der Waals surface area contributed by atoms with Gasteiger partial charge in [0, 0.05) is 22.9 Å². The Labute approximate surface area is 124 Å². The minimum Gasteiger partial charge on any atom is -0.302 e. The maximum atomic E-state index is 2.42. The highest BCUT2D eigenvalue weighted by Gasteiger charge is 2.25. The van der Waals surface area contributed by atoms with E-state index in [9.17, 15) is 0 Å². The van der Waals surface area contributed by atoms with Crippen LogP contribution in [0.1, 0.15) is 17.5 Å². The molecule has 2 aliphatic heterocycles. The molecule has 0 amide bonds. The van der Waals surface area contributed by atoms with E-state index in [4.69, 9.17) is 0 Å². The smallest absolute Gasteiger partial charge is 0.0240 e. The highest BCUT2D eigenvalue weighted by molar-refractivity contribution is 7.99. The average molecular weight is 279 g/mol. The Hall–Kier alpha value is -1.51. The summed E-state index contributed by atoms with van der Waals surface area (Å²) in [5, 5.41) is 0. The summed E-state index contributed by atoms with van der Waals surface area (Å²) in [6, 6.07) is 17.7. The standard InChI is InChI=1S/C18H17NS/c1-19-11-10-13-14-6-2-4-8-17(14)20-18-9-5-3-7-15(18)16(13)12-19/h2-9H,10-12H2,1H3. The third-order valence-corrected chi connectivity index (χ3v) is 5.33. The van der Waals surface area contributed by atoms with Gasteiger partial charge in [-0.25, -0.2) is 0 Å². The van der Waals surface area contributed by atoms with Crippen molar-refractivity contribution in [2.75, 3.05) is 20.1 Å². The van der Waals surface area contributed by atoms with Crippen LogP contribution >= 0.6 is 11.8 Å². The predicted molar refractivity (Wildman–Crippen MR) is 85.9 cm³/mol. The lowest BCUT2D eigenvalue weighted by Crippen LogP contribution is -2.26. The van der Waals surface area contributed by atoms with Crippen LogP contribution in [0.4, 0.5) is 0 Å². The van der Waals surface area contributed by atoms with Crippen molar-refractivity contribution >= 4 is 22.9 Å². The van der Waals surface area contributed by atoms with Gasteiger partial charge < -0.3 is 4.90 Å². The van der Waals surface area contributed by atoms with Crippen LogP contribution in [-0.4, -0.2) is 25.0 Å². The quantitative estimate of drug-likeness (QED) is 0.703. The highest BCUT2D eigenvalue weighted by atomic mass is 32.2. The molecule has 0 radical (unpaired) electrons. The number of fused-ring (bicyclic) bond motifs is 4. The third kappa shape index (κ3) is 1.91. The first-order valence-corrected chi connectivity index (χ1v) is 7.92. The molecule has 0 aliphatic carbocycles. The number of rotatable bonds is 0. The Bertz CT molecular complexity index is 702. The maximum absolute atomic E-state index is 2.42. The van der Waals surface area contributed by atoms with Crippen LogP contribution in [0.5, 0.6) is 0 Å². The van der Waals surface area contributed by atoms with E-state index < -0.39 is 0 Å². The minimum atomic E-state index is 1.06. The van der Waals surface area contributed by atoms with Crippen LogP contribution in [0.3, 0.4) is 0 Å². The maximum Gasteiger partial charge on any atom is 0.0240 e. The van der Waals surface area contributed by atoms with Gasteiger partial charge in [0.05, 0.1) is 0 Å². The summed E-state index contributed by atoms with van der Waals surface area (Å²) in [6.45, 7) is 2.21. The molecule has 0 aromatic heterocycles. The molecule has 0 saturated heterocycles. The molecule has 2 heteroatoms. The van der Waals surface area contributed by atoms with Gasteiger partial charge >= 0.3 is 0 Å². The van der Waals surface area contributed by atoms with E-state index in [0.717, 1.165) is 19.5 Å². The molecule has 2 aliphatic rings. The Morgan fingerprint density at radius 2 is 1.45 bits per heavy atom. The first kappa shape index (κ1) is 12.2. The molecule has 0 bridgehead atoms. The summed E-state index contributed by atoms with van der Waals surface area (Å²) < 4.78 is 0. The van der Waals surface area contributed by atoms with Crippen LogP contribution in [0.15, 0.2) is 58.3 Å². The van der Waals surface area contributed by atoms with Crippen molar-refractivity contribution in [3.8, 4) is 0 Å². The molecule has 0 saturated carbocycles.